The Morgan fingerprint density at radius 2 is 1.90 bits per heavy atom. The van der Waals surface area contributed by atoms with E-state index in [1.54, 1.807) is 18.2 Å². The van der Waals surface area contributed by atoms with E-state index in [1.807, 2.05) is 0 Å². The second-order valence-electron chi connectivity index (χ2n) is 7.81. The molecule has 31 heavy (non-hydrogen) atoms. The van der Waals surface area contributed by atoms with Crippen LogP contribution >= 0.6 is 0 Å². The van der Waals surface area contributed by atoms with Gasteiger partial charge in [-0.15, -0.1) is 0 Å². The lowest BCUT2D eigenvalue weighted by Crippen LogP contribution is -2.17. The number of aromatic nitrogens is 3. The van der Waals surface area contributed by atoms with Crippen LogP contribution in [0.25, 0.3) is 11.0 Å². The summed E-state index contributed by atoms with van der Waals surface area (Å²) < 4.78 is 52.0. The van der Waals surface area contributed by atoms with Crippen LogP contribution < -0.4 is 20.1 Å². The van der Waals surface area contributed by atoms with Crippen LogP contribution in [-0.2, 0) is 6.18 Å². The second kappa shape index (κ2) is 7.82. The lowest BCUT2D eigenvalue weighted by atomic mass is 10.1. The SMILES string of the molecule is FC(F)(F)c1c[nH]c2nc(Nc3cccc4c3OCCO4)nc(NCC3CCCC3)c12. The molecule has 1 aliphatic carbocycles. The molecule has 0 spiro atoms. The van der Waals surface area contributed by atoms with Crippen LogP contribution in [0.5, 0.6) is 11.5 Å². The molecule has 10 heteroatoms. The van der Waals surface area contributed by atoms with Gasteiger partial charge in [0.05, 0.1) is 16.6 Å². The number of rotatable bonds is 5. The highest BCUT2D eigenvalue weighted by Gasteiger charge is 2.36. The highest BCUT2D eigenvalue weighted by molar-refractivity contribution is 5.92. The Labute approximate surface area is 176 Å². The first-order valence-corrected chi connectivity index (χ1v) is 10.3. The molecule has 0 atom stereocenters. The van der Waals surface area contributed by atoms with Gasteiger partial charge in [0.15, 0.2) is 11.5 Å². The maximum absolute atomic E-state index is 13.6. The van der Waals surface area contributed by atoms with Crippen LogP contribution in [0.4, 0.5) is 30.6 Å². The van der Waals surface area contributed by atoms with Crippen molar-refractivity contribution in [3.63, 3.8) is 0 Å². The van der Waals surface area contributed by atoms with E-state index >= 15 is 0 Å². The number of fused-ring (bicyclic) bond motifs is 2. The van der Waals surface area contributed by atoms with Crippen molar-refractivity contribution in [3.05, 3.63) is 30.0 Å². The molecule has 164 valence electrons. The summed E-state index contributed by atoms with van der Waals surface area (Å²) in [5.41, 5.74) is -0.0848. The van der Waals surface area contributed by atoms with Crippen molar-refractivity contribution in [1.82, 2.24) is 15.0 Å². The smallest absolute Gasteiger partial charge is 0.418 e. The zero-order valence-corrected chi connectivity index (χ0v) is 16.7. The molecule has 2 aliphatic rings. The molecular weight excluding hydrogens is 411 g/mol. The van der Waals surface area contributed by atoms with Crippen LogP contribution in [0.15, 0.2) is 24.4 Å². The standard InChI is InChI=1S/C21H22F3N5O2/c22-21(23,24)13-11-26-19-16(13)18(25-10-12-4-1-2-5-12)28-20(29-19)27-14-6-3-7-15-17(14)31-9-8-30-15/h3,6-7,11-12H,1-2,4-5,8-10H2,(H3,25,26,27,28,29). The van der Waals surface area contributed by atoms with Gasteiger partial charge < -0.3 is 25.1 Å². The Balaban J connectivity index is 1.52. The first kappa shape index (κ1) is 19.8. The molecule has 1 aromatic carbocycles. The second-order valence-corrected chi connectivity index (χ2v) is 7.81. The van der Waals surface area contributed by atoms with E-state index in [2.05, 4.69) is 25.6 Å². The summed E-state index contributed by atoms with van der Waals surface area (Å²) in [6.45, 7) is 1.44. The van der Waals surface area contributed by atoms with Crippen molar-refractivity contribution >= 4 is 28.5 Å². The van der Waals surface area contributed by atoms with Gasteiger partial charge in [-0.25, -0.2) is 0 Å². The number of H-pyrrole nitrogens is 1. The van der Waals surface area contributed by atoms with Gasteiger partial charge in [0.25, 0.3) is 0 Å². The summed E-state index contributed by atoms with van der Waals surface area (Å²) in [5.74, 6) is 1.88. The van der Waals surface area contributed by atoms with Crippen LogP contribution in [0.3, 0.4) is 0 Å². The topological polar surface area (TPSA) is 84.1 Å². The average molecular weight is 433 g/mol. The summed E-state index contributed by atoms with van der Waals surface area (Å²) in [5, 5.41) is 6.17. The summed E-state index contributed by atoms with van der Waals surface area (Å²) in [4.78, 5) is 11.3. The number of aromatic amines is 1. The maximum atomic E-state index is 13.6. The molecule has 0 amide bonds. The fourth-order valence-corrected chi connectivity index (χ4v) is 4.19. The fraction of sp³-hybridized carbons (Fsp3) is 0.429. The lowest BCUT2D eigenvalue weighted by molar-refractivity contribution is -0.136. The Hall–Kier alpha value is -3.17. The summed E-state index contributed by atoms with van der Waals surface area (Å²) in [6.07, 6.45) is 0.863. The summed E-state index contributed by atoms with van der Waals surface area (Å²) in [6, 6.07) is 5.37. The molecule has 0 unspecified atom stereocenters. The minimum Gasteiger partial charge on any atom is -0.486 e. The number of benzene rings is 1. The van der Waals surface area contributed by atoms with E-state index in [1.165, 1.54) is 0 Å². The van der Waals surface area contributed by atoms with Crippen molar-refractivity contribution in [3.8, 4) is 11.5 Å². The van der Waals surface area contributed by atoms with Gasteiger partial charge in [-0.2, -0.15) is 23.1 Å². The van der Waals surface area contributed by atoms with Crippen LogP contribution in [0, 0.1) is 5.92 Å². The van der Waals surface area contributed by atoms with Gasteiger partial charge in [-0.1, -0.05) is 18.9 Å². The molecule has 1 saturated carbocycles. The Bertz CT molecular complexity index is 1090. The van der Waals surface area contributed by atoms with E-state index in [-0.39, 0.29) is 22.8 Å². The molecule has 1 aliphatic heterocycles. The normalized spacial score (nSPS) is 16.6. The molecule has 2 aromatic heterocycles. The van der Waals surface area contributed by atoms with Gasteiger partial charge in [-0.3, -0.25) is 0 Å². The molecule has 3 aromatic rings. The number of hydrogen-bond acceptors (Lipinski definition) is 6. The van der Waals surface area contributed by atoms with E-state index in [0.29, 0.717) is 42.9 Å². The number of halogens is 3. The van der Waals surface area contributed by atoms with Gasteiger partial charge in [0.2, 0.25) is 5.95 Å². The molecule has 7 nitrogen and oxygen atoms in total. The Morgan fingerprint density at radius 3 is 2.71 bits per heavy atom. The number of anilines is 3. The van der Waals surface area contributed by atoms with Crippen molar-refractivity contribution < 1.29 is 22.6 Å². The number of nitrogens with one attached hydrogen (secondary N) is 3. The Kier molecular flexibility index (Phi) is 4.99. The van der Waals surface area contributed by atoms with E-state index in [9.17, 15) is 13.2 Å². The zero-order valence-electron chi connectivity index (χ0n) is 16.7. The minimum absolute atomic E-state index is 0.0503. The van der Waals surface area contributed by atoms with Crippen molar-refractivity contribution in [1.29, 1.82) is 0 Å². The molecule has 0 radical (unpaired) electrons. The highest BCUT2D eigenvalue weighted by Crippen LogP contribution is 2.40. The molecule has 3 N–H and O–H groups in total. The predicted molar refractivity (Wildman–Crippen MR) is 110 cm³/mol. The average Bonchev–Trinajstić information content (AvgIpc) is 3.42. The molecular formula is C21H22F3N5O2. The van der Waals surface area contributed by atoms with Crippen LogP contribution in [-0.4, -0.2) is 34.7 Å². The van der Waals surface area contributed by atoms with Gasteiger partial charge in [0, 0.05) is 12.7 Å². The largest absolute Gasteiger partial charge is 0.486 e. The van der Waals surface area contributed by atoms with E-state index in [0.717, 1.165) is 31.9 Å². The quantitative estimate of drug-likeness (QED) is 0.520. The molecule has 3 heterocycles. The zero-order chi connectivity index (χ0) is 21.4. The maximum Gasteiger partial charge on any atom is 0.418 e. The Morgan fingerprint density at radius 1 is 1.10 bits per heavy atom. The number of ether oxygens (including phenoxy) is 2. The van der Waals surface area contributed by atoms with Gasteiger partial charge in [-0.05, 0) is 30.9 Å². The molecule has 1 fully saturated rings. The van der Waals surface area contributed by atoms with Crippen molar-refractivity contribution in [2.75, 3.05) is 30.4 Å². The van der Waals surface area contributed by atoms with E-state index in [4.69, 9.17) is 9.47 Å². The van der Waals surface area contributed by atoms with Crippen molar-refractivity contribution in [2.45, 2.75) is 31.9 Å². The van der Waals surface area contributed by atoms with E-state index < -0.39 is 11.7 Å². The fourth-order valence-electron chi connectivity index (χ4n) is 4.19. The predicted octanol–water partition coefficient (Wildman–Crippen LogP) is 5.09. The summed E-state index contributed by atoms with van der Waals surface area (Å²) >= 11 is 0. The van der Waals surface area contributed by atoms with Crippen molar-refractivity contribution in [2.24, 2.45) is 5.92 Å². The third-order valence-corrected chi connectivity index (χ3v) is 5.68. The van der Waals surface area contributed by atoms with Gasteiger partial charge in [0.1, 0.15) is 24.7 Å². The number of alkyl halides is 3. The van der Waals surface area contributed by atoms with Crippen LogP contribution in [0.1, 0.15) is 31.2 Å². The third kappa shape index (κ3) is 3.94. The highest BCUT2D eigenvalue weighted by atomic mass is 19.4. The number of hydrogen-bond donors (Lipinski definition) is 3. The molecule has 5 rings (SSSR count). The molecule has 0 saturated heterocycles. The summed E-state index contributed by atoms with van der Waals surface area (Å²) in [7, 11) is 0. The minimum atomic E-state index is -4.51. The third-order valence-electron chi connectivity index (χ3n) is 5.68. The van der Waals surface area contributed by atoms with Crippen LogP contribution in [0.2, 0.25) is 0 Å². The number of nitrogens with zero attached hydrogens (tertiary/aromatic N) is 2. The first-order valence-electron chi connectivity index (χ1n) is 10.3. The lowest BCUT2D eigenvalue weighted by Gasteiger charge is -2.21. The first-order chi connectivity index (χ1) is 15.0. The molecule has 0 bridgehead atoms. The number of para-hydroxylation sites is 1. The van der Waals surface area contributed by atoms with Gasteiger partial charge >= 0.3 is 6.18 Å². The monoisotopic (exact) mass is 433 g/mol.